The highest BCUT2D eigenvalue weighted by Crippen LogP contribution is 2.37. The zero-order valence-corrected chi connectivity index (χ0v) is 13.1. The lowest BCUT2D eigenvalue weighted by Crippen LogP contribution is -2.14. The van der Waals surface area contributed by atoms with Crippen LogP contribution in [-0.4, -0.2) is 13.7 Å². The first-order valence-electron chi connectivity index (χ1n) is 6.97. The quantitative estimate of drug-likeness (QED) is 0.783. The zero-order valence-electron chi connectivity index (χ0n) is 12.2. The third kappa shape index (κ3) is 3.10. The number of hydrogen-bond donors (Lipinski definition) is 1. The first-order chi connectivity index (χ1) is 9.17. The highest BCUT2D eigenvalue weighted by atomic mass is 32.1. The number of thiophene rings is 1. The third-order valence-electron chi connectivity index (χ3n) is 3.30. The Balaban J connectivity index is 2.40. The van der Waals surface area contributed by atoms with Crippen molar-refractivity contribution < 1.29 is 4.74 Å². The minimum Gasteiger partial charge on any atom is -0.497 e. The molecule has 3 heteroatoms. The van der Waals surface area contributed by atoms with Crippen LogP contribution in [0.3, 0.4) is 0 Å². The molecule has 19 heavy (non-hydrogen) atoms. The molecular weight excluding hydrogens is 254 g/mol. The van der Waals surface area contributed by atoms with Crippen molar-refractivity contribution in [2.45, 2.75) is 39.7 Å². The van der Waals surface area contributed by atoms with Gasteiger partial charge in [0, 0.05) is 16.1 Å². The van der Waals surface area contributed by atoms with Crippen molar-refractivity contribution in [2.75, 3.05) is 13.7 Å². The van der Waals surface area contributed by atoms with Crippen LogP contribution in [0.1, 0.15) is 43.6 Å². The maximum absolute atomic E-state index is 5.32. The summed E-state index contributed by atoms with van der Waals surface area (Å²) in [5, 5.41) is 4.90. The molecule has 104 valence electrons. The number of rotatable bonds is 6. The van der Waals surface area contributed by atoms with E-state index in [-0.39, 0.29) is 0 Å². The van der Waals surface area contributed by atoms with E-state index in [0.717, 1.165) is 18.8 Å². The van der Waals surface area contributed by atoms with Crippen LogP contribution in [0.4, 0.5) is 0 Å². The van der Waals surface area contributed by atoms with E-state index in [0.29, 0.717) is 5.92 Å². The molecule has 1 heterocycles. The molecule has 2 nitrogen and oxygen atoms in total. The van der Waals surface area contributed by atoms with Gasteiger partial charge in [-0.1, -0.05) is 20.8 Å². The summed E-state index contributed by atoms with van der Waals surface area (Å²) in [6.07, 6.45) is 1.18. The summed E-state index contributed by atoms with van der Waals surface area (Å²) in [7, 11) is 1.72. The average Bonchev–Trinajstić information content (AvgIpc) is 2.76. The minimum absolute atomic E-state index is 0.556. The van der Waals surface area contributed by atoms with Crippen molar-refractivity contribution in [3.63, 3.8) is 0 Å². The molecular formula is C16H23NOS. The summed E-state index contributed by atoms with van der Waals surface area (Å²) in [4.78, 5) is 1.46. The van der Waals surface area contributed by atoms with Crippen molar-refractivity contribution in [2.24, 2.45) is 0 Å². The van der Waals surface area contributed by atoms with Crippen LogP contribution in [0.25, 0.3) is 10.1 Å². The second-order valence-electron chi connectivity index (χ2n) is 5.13. The van der Waals surface area contributed by atoms with Crippen molar-refractivity contribution in [3.8, 4) is 5.75 Å². The van der Waals surface area contributed by atoms with E-state index in [9.17, 15) is 0 Å². The van der Waals surface area contributed by atoms with Crippen molar-refractivity contribution >= 4 is 21.4 Å². The number of benzene rings is 1. The fourth-order valence-corrected chi connectivity index (χ4v) is 3.78. The molecule has 0 saturated heterocycles. The van der Waals surface area contributed by atoms with Crippen LogP contribution in [-0.2, 0) is 6.54 Å². The van der Waals surface area contributed by atoms with E-state index < -0.39 is 0 Å². The Bertz CT molecular complexity index is 545. The van der Waals surface area contributed by atoms with E-state index in [2.05, 4.69) is 44.3 Å². The molecule has 1 aromatic heterocycles. The predicted octanol–water partition coefficient (Wildman–Crippen LogP) is 4.53. The van der Waals surface area contributed by atoms with E-state index in [1.807, 2.05) is 11.3 Å². The number of ether oxygens (including phenoxy) is 1. The van der Waals surface area contributed by atoms with Crippen LogP contribution in [0.5, 0.6) is 5.75 Å². The highest BCUT2D eigenvalue weighted by Gasteiger charge is 2.15. The average molecular weight is 277 g/mol. The molecule has 2 rings (SSSR count). The monoisotopic (exact) mass is 277 g/mol. The van der Waals surface area contributed by atoms with Crippen LogP contribution in [0.2, 0.25) is 0 Å². The molecule has 0 bridgehead atoms. The van der Waals surface area contributed by atoms with Gasteiger partial charge in [0.2, 0.25) is 0 Å². The molecule has 0 aliphatic carbocycles. The van der Waals surface area contributed by atoms with Gasteiger partial charge in [-0.15, -0.1) is 11.3 Å². The Labute approximate surface area is 119 Å². The summed E-state index contributed by atoms with van der Waals surface area (Å²) in [5.74, 6) is 1.50. The Kier molecular flexibility index (Phi) is 4.83. The predicted molar refractivity (Wildman–Crippen MR) is 84.5 cm³/mol. The van der Waals surface area contributed by atoms with E-state index in [1.165, 1.54) is 26.9 Å². The van der Waals surface area contributed by atoms with Crippen LogP contribution < -0.4 is 10.1 Å². The lowest BCUT2D eigenvalue weighted by atomic mass is 9.99. The fourth-order valence-electron chi connectivity index (χ4n) is 2.42. The Morgan fingerprint density at radius 2 is 2.11 bits per heavy atom. The molecule has 0 unspecified atom stereocenters. The Morgan fingerprint density at radius 3 is 2.74 bits per heavy atom. The summed E-state index contributed by atoms with van der Waals surface area (Å²) < 4.78 is 6.65. The number of hydrogen-bond acceptors (Lipinski definition) is 3. The largest absolute Gasteiger partial charge is 0.497 e. The van der Waals surface area contributed by atoms with Gasteiger partial charge in [-0.3, -0.25) is 0 Å². The maximum Gasteiger partial charge on any atom is 0.120 e. The zero-order chi connectivity index (χ0) is 13.8. The summed E-state index contributed by atoms with van der Waals surface area (Å²) in [6.45, 7) is 8.80. The first-order valence-corrected chi connectivity index (χ1v) is 7.79. The smallest absolute Gasteiger partial charge is 0.120 e. The molecule has 0 aliphatic rings. The van der Waals surface area contributed by atoms with E-state index in [4.69, 9.17) is 4.74 Å². The molecule has 0 aliphatic heterocycles. The lowest BCUT2D eigenvalue weighted by molar-refractivity contribution is 0.415. The molecule has 0 amide bonds. The molecule has 0 spiro atoms. The summed E-state index contributed by atoms with van der Waals surface area (Å²) >= 11 is 1.89. The van der Waals surface area contributed by atoms with Gasteiger partial charge in [0.15, 0.2) is 0 Å². The van der Waals surface area contributed by atoms with Crippen LogP contribution >= 0.6 is 11.3 Å². The van der Waals surface area contributed by atoms with Gasteiger partial charge in [0.1, 0.15) is 5.75 Å². The van der Waals surface area contributed by atoms with Gasteiger partial charge in [-0.25, -0.2) is 0 Å². The second-order valence-corrected chi connectivity index (χ2v) is 6.27. The van der Waals surface area contributed by atoms with Gasteiger partial charge in [0.25, 0.3) is 0 Å². The topological polar surface area (TPSA) is 21.3 Å². The fraction of sp³-hybridized carbons (Fsp3) is 0.500. The van der Waals surface area contributed by atoms with Crippen LogP contribution in [0.15, 0.2) is 18.2 Å². The second kappa shape index (κ2) is 6.40. The number of methoxy groups -OCH3 is 1. The maximum atomic E-state index is 5.32. The van der Waals surface area contributed by atoms with Gasteiger partial charge in [0.05, 0.1) is 7.11 Å². The molecule has 1 N–H and O–H groups in total. The van der Waals surface area contributed by atoms with Gasteiger partial charge in [-0.05, 0) is 48.0 Å². The molecule has 0 atom stereocenters. The molecule has 1 aromatic carbocycles. The van der Waals surface area contributed by atoms with Gasteiger partial charge < -0.3 is 10.1 Å². The van der Waals surface area contributed by atoms with Crippen molar-refractivity contribution in [3.05, 3.63) is 28.6 Å². The van der Waals surface area contributed by atoms with Gasteiger partial charge >= 0.3 is 0 Å². The number of nitrogens with one attached hydrogen (secondary N) is 1. The lowest BCUT2D eigenvalue weighted by Gasteiger charge is -2.09. The normalized spacial score (nSPS) is 11.4. The molecule has 2 aromatic rings. The standard InChI is InChI=1S/C16H23NOS/c1-5-8-17-10-15-16(11(2)3)13-7-6-12(18-4)9-14(13)19-15/h6-7,9,11,17H,5,8,10H2,1-4H3. The van der Waals surface area contributed by atoms with E-state index >= 15 is 0 Å². The number of fused-ring (bicyclic) bond motifs is 1. The van der Waals surface area contributed by atoms with Crippen molar-refractivity contribution in [1.29, 1.82) is 0 Å². The Morgan fingerprint density at radius 1 is 1.32 bits per heavy atom. The molecule has 0 radical (unpaired) electrons. The van der Waals surface area contributed by atoms with Gasteiger partial charge in [-0.2, -0.15) is 0 Å². The Hall–Kier alpha value is -1.06. The minimum atomic E-state index is 0.556. The third-order valence-corrected chi connectivity index (χ3v) is 4.47. The van der Waals surface area contributed by atoms with Crippen LogP contribution in [0, 0.1) is 0 Å². The highest BCUT2D eigenvalue weighted by molar-refractivity contribution is 7.19. The summed E-state index contributed by atoms with van der Waals surface area (Å²) in [6, 6.07) is 6.41. The molecule has 0 saturated carbocycles. The molecule has 0 fully saturated rings. The summed E-state index contributed by atoms with van der Waals surface area (Å²) in [5.41, 5.74) is 1.49. The van der Waals surface area contributed by atoms with Crippen molar-refractivity contribution in [1.82, 2.24) is 5.32 Å². The first kappa shape index (κ1) is 14.4. The SMILES string of the molecule is CCCNCc1sc2cc(OC)ccc2c1C(C)C. The van der Waals surface area contributed by atoms with E-state index in [1.54, 1.807) is 7.11 Å².